The molecule has 0 aliphatic heterocycles. The van der Waals surface area contributed by atoms with E-state index < -0.39 is 0 Å². The van der Waals surface area contributed by atoms with Gasteiger partial charge < -0.3 is 10.6 Å². The number of hydrogen-bond donors (Lipinski definition) is 2. The maximum absolute atomic E-state index is 11.8. The summed E-state index contributed by atoms with van der Waals surface area (Å²) in [5.74, 6) is 0.853. The van der Waals surface area contributed by atoms with Gasteiger partial charge >= 0.3 is 0 Å². The van der Waals surface area contributed by atoms with Gasteiger partial charge in [-0.3, -0.25) is 9.59 Å². The molecule has 0 unspecified atom stereocenters. The summed E-state index contributed by atoms with van der Waals surface area (Å²) >= 11 is 1.67. The van der Waals surface area contributed by atoms with E-state index in [1.165, 1.54) is 0 Å². The van der Waals surface area contributed by atoms with Crippen molar-refractivity contribution in [3.05, 3.63) is 35.4 Å². The van der Waals surface area contributed by atoms with Crippen LogP contribution in [-0.4, -0.2) is 37.4 Å². The van der Waals surface area contributed by atoms with Crippen LogP contribution in [0.1, 0.15) is 22.8 Å². The Morgan fingerprint density at radius 1 is 1.35 bits per heavy atom. The maximum atomic E-state index is 11.8. The van der Waals surface area contributed by atoms with Crippen molar-refractivity contribution in [2.75, 3.05) is 25.6 Å². The van der Waals surface area contributed by atoms with Crippen molar-refractivity contribution in [2.45, 2.75) is 13.3 Å². The molecule has 0 spiro atoms. The largest absolute Gasteiger partial charge is 0.356 e. The average molecular weight is 294 g/mol. The smallest absolute Gasteiger partial charge is 0.251 e. The molecule has 2 amide bonds. The fourth-order valence-electron chi connectivity index (χ4n) is 1.84. The standard InChI is InChI=1S/C15H22N2O2S/c1-11(10-20-3)14(18)17-8-7-12-5-4-6-13(9-12)15(19)16-2/h4-6,9,11H,7-8,10H2,1-3H3,(H,16,19)(H,17,18)/t11-/m1/s1. The van der Waals surface area contributed by atoms with Gasteiger partial charge in [-0.05, 0) is 30.4 Å². The Balaban J connectivity index is 2.46. The van der Waals surface area contributed by atoms with Crippen molar-refractivity contribution in [2.24, 2.45) is 5.92 Å². The number of thioether (sulfide) groups is 1. The molecule has 0 saturated carbocycles. The lowest BCUT2D eigenvalue weighted by Crippen LogP contribution is -2.32. The first-order valence-electron chi connectivity index (χ1n) is 6.66. The van der Waals surface area contributed by atoms with Gasteiger partial charge in [-0.15, -0.1) is 0 Å². The van der Waals surface area contributed by atoms with E-state index in [2.05, 4.69) is 10.6 Å². The molecule has 4 nitrogen and oxygen atoms in total. The summed E-state index contributed by atoms with van der Waals surface area (Å²) in [6.45, 7) is 2.52. The van der Waals surface area contributed by atoms with Gasteiger partial charge in [-0.2, -0.15) is 11.8 Å². The molecule has 20 heavy (non-hydrogen) atoms. The van der Waals surface area contributed by atoms with E-state index >= 15 is 0 Å². The van der Waals surface area contributed by atoms with Crippen LogP contribution in [0.2, 0.25) is 0 Å². The quantitative estimate of drug-likeness (QED) is 0.805. The van der Waals surface area contributed by atoms with E-state index in [9.17, 15) is 9.59 Å². The molecule has 0 radical (unpaired) electrons. The minimum atomic E-state index is -0.0931. The molecule has 5 heteroatoms. The molecule has 0 saturated heterocycles. The van der Waals surface area contributed by atoms with Crippen molar-refractivity contribution < 1.29 is 9.59 Å². The van der Waals surface area contributed by atoms with Crippen LogP contribution in [0.3, 0.4) is 0 Å². The van der Waals surface area contributed by atoms with Crippen LogP contribution in [0.4, 0.5) is 0 Å². The van der Waals surface area contributed by atoms with E-state index in [0.717, 1.165) is 17.7 Å². The van der Waals surface area contributed by atoms with E-state index in [1.807, 2.05) is 31.4 Å². The first kappa shape index (κ1) is 16.6. The normalized spacial score (nSPS) is 11.8. The second-order valence-corrected chi connectivity index (χ2v) is 5.59. The molecular formula is C15H22N2O2S. The van der Waals surface area contributed by atoms with Crippen molar-refractivity contribution in [3.63, 3.8) is 0 Å². The van der Waals surface area contributed by atoms with E-state index in [1.54, 1.807) is 24.9 Å². The van der Waals surface area contributed by atoms with Gasteiger partial charge in [0.05, 0.1) is 0 Å². The first-order chi connectivity index (χ1) is 9.58. The maximum Gasteiger partial charge on any atom is 0.251 e. The summed E-state index contributed by atoms with van der Waals surface area (Å²) in [5, 5.41) is 5.53. The van der Waals surface area contributed by atoms with Crippen LogP contribution in [0, 0.1) is 5.92 Å². The van der Waals surface area contributed by atoms with Crippen LogP contribution in [0.5, 0.6) is 0 Å². The highest BCUT2D eigenvalue weighted by Crippen LogP contribution is 2.07. The molecule has 0 aliphatic rings. The number of benzene rings is 1. The first-order valence-corrected chi connectivity index (χ1v) is 8.05. The van der Waals surface area contributed by atoms with E-state index in [4.69, 9.17) is 0 Å². The average Bonchev–Trinajstić information content (AvgIpc) is 2.46. The Bertz CT molecular complexity index is 463. The number of rotatable bonds is 7. The zero-order valence-corrected chi connectivity index (χ0v) is 13.0. The number of carbonyl (C=O) groups excluding carboxylic acids is 2. The Kier molecular flexibility index (Phi) is 7.15. The third-order valence-electron chi connectivity index (χ3n) is 2.99. The lowest BCUT2D eigenvalue weighted by molar-refractivity contribution is -0.123. The molecule has 0 heterocycles. The third-order valence-corrected chi connectivity index (χ3v) is 3.83. The number of carbonyl (C=O) groups is 2. The van der Waals surface area contributed by atoms with Crippen LogP contribution in [0.25, 0.3) is 0 Å². The predicted molar refractivity (Wildman–Crippen MR) is 84.1 cm³/mol. The highest BCUT2D eigenvalue weighted by Gasteiger charge is 2.11. The van der Waals surface area contributed by atoms with Gasteiger partial charge in [0, 0.05) is 30.8 Å². The molecule has 1 rings (SSSR count). The fraction of sp³-hybridized carbons (Fsp3) is 0.467. The molecule has 0 fully saturated rings. The molecule has 2 N–H and O–H groups in total. The minimum Gasteiger partial charge on any atom is -0.356 e. The van der Waals surface area contributed by atoms with Crippen LogP contribution in [0.15, 0.2) is 24.3 Å². The molecule has 0 bridgehead atoms. The van der Waals surface area contributed by atoms with Crippen molar-refractivity contribution in [1.82, 2.24) is 10.6 Å². The van der Waals surface area contributed by atoms with Gasteiger partial charge in [-0.1, -0.05) is 19.1 Å². The molecule has 1 atom stereocenters. The lowest BCUT2D eigenvalue weighted by Gasteiger charge is -2.11. The second-order valence-electron chi connectivity index (χ2n) is 4.68. The Morgan fingerprint density at radius 2 is 2.10 bits per heavy atom. The lowest BCUT2D eigenvalue weighted by atomic mass is 10.1. The van der Waals surface area contributed by atoms with Crippen molar-refractivity contribution in [3.8, 4) is 0 Å². The number of amides is 2. The minimum absolute atomic E-state index is 0.0298. The van der Waals surface area contributed by atoms with Gasteiger partial charge in [-0.25, -0.2) is 0 Å². The summed E-state index contributed by atoms with van der Waals surface area (Å²) < 4.78 is 0. The third kappa shape index (κ3) is 5.25. The topological polar surface area (TPSA) is 58.2 Å². The van der Waals surface area contributed by atoms with E-state index in [0.29, 0.717) is 12.1 Å². The fourth-order valence-corrected chi connectivity index (χ4v) is 2.49. The summed E-state index contributed by atoms with van der Waals surface area (Å²) in [4.78, 5) is 23.3. The van der Waals surface area contributed by atoms with Crippen LogP contribution < -0.4 is 10.6 Å². The zero-order valence-electron chi connectivity index (χ0n) is 12.2. The van der Waals surface area contributed by atoms with Crippen molar-refractivity contribution >= 4 is 23.6 Å². The monoisotopic (exact) mass is 294 g/mol. The summed E-state index contributed by atoms with van der Waals surface area (Å²) in [7, 11) is 1.61. The Morgan fingerprint density at radius 3 is 2.75 bits per heavy atom. The SMILES string of the molecule is CNC(=O)c1cccc(CCNC(=O)[C@H](C)CSC)c1. The molecule has 110 valence electrons. The van der Waals surface area contributed by atoms with Gasteiger partial charge in [0.2, 0.25) is 5.91 Å². The van der Waals surface area contributed by atoms with Gasteiger partial charge in [0.15, 0.2) is 0 Å². The summed E-state index contributed by atoms with van der Waals surface area (Å²) in [5.41, 5.74) is 1.69. The molecular weight excluding hydrogens is 272 g/mol. The second kappa shape index (κ2) is 8.64. The molecule has 1 aromatic carbocycles. The van der Waals surface area contributed by atoms with E-state index in [-0.39, 0.29) is 17.7 Å². The van der Waals surface area contributed by atoms with Crippen molar-refractivity contribution in [1.29, 1.82) is 0 Å². The van der Waals surface area contributed by atoms with Gasteiger partial charge in [0.1, 0.15) is 0 Å². The molecule has 0 aliphatic carbocycles. The van der Waals surface area contributed by atoms with Crippen LogP contribution >= 0.6 is 11.8 Å². The number of hydrogen-bond acceptors (Lipinski definition) is 3. The zero-order chi connectivity index (χ0) is 15.0. The Hall–Kier alpha value is -1.49. The predicted octanol–water partition coefficient (Wildman–Crippen LogP) is 1.70. The highest BCUT2D eigenvalue weighted by atomic mass is 32.2. The molecule has 0 aromatic heterocycles. The van der Waals surface area contributed by atoms with Crippen LogP contribution in [-0.2, 0) is 11.2 Å². The molecule has 1 aromatic rings. The summed E-state index contributed by atoms with van der Waals surface area (Å²) in [6.07, 6.45) is 2.72. The number of nitrogens with one attached hydrogen (secondary N) is 2. The van der Waals surface area contributed by atoms with Gasteiger partial charge in [0.25, 0.3) is 5.91 Å². The Labute approximate surface area is 124 Å². The highest BCUT2D eigenvalue weighted by molar-refractivity contribution is 7.98. The summed E-state index contributed by atoms with van der Waals surface area (Å²) in [6, 6.07) is 7.46.